The third-order valence-electron chi connectivity index (χ3n) is 2.50. The van der Waals surface area contributed by atoms with Crippen molar-refractivity contribution in [1.29, 1.82) is 0 Å². The molecule has 1 aliphatic heterocycles. The first kappa shape index (κ1) is 9.46. The summed E-state index contributed by atoms with van der Waals surface area (Å²) in [6.45, 7) is 2.97. The molecule has 1 aromatic heterocycles. The summed E-state index contributed by atoms with van der Waals surface area (Å²) >= 11 is 0. The van der Waals surface area contributed by atoms with Crippen molar-refractivity contribution in [2.75, 3.05) is 11.9 Å². The van der Waals surface area contributed by atoms with Crippen molar-refractivity contribution < 1.29 is 4.74 Å². The number of rotatable bonds is 2. The van der Waals surface area contributed by atoms with E-state index >= 15 is 0 Å². The topological polar surface area (TPSA) is 34.2 Å². The zero-order valence-corrected chi connectivity index (χ0v) is 8.44. The Kier molecular flexibility index (Phi) is 2.99. The third kappa shape index (κ3) is 2.45. The molecule has 0 bridgehead atoms. The maximum Gasteiger partial charge on any atom is 0.126 e. The molecule has 2 unspecified atom stereocenters. The number of aromatic nitrogens is 1. The van der Waals surface area contributed by atoms with Gasteiger partial charge in [0.05, 0.1) is 6.10 Å². The van der Waals surface area contributed by atoms with Gasteiger partial charge in [-0.25, -0.2) is 4.98 Å². The Morgan fingerprint density at radius 3 is 3.14 bits per heavy atom. The minimum absolute atomic E-state index is 0.366. The van der Waals surface area contributed by atoms with E-state index in [4.69, 9.17) is 4.74 Å². The molecule has 0 radical (unpaired) electrons. The van der Waals surface area contributed by atoms with Crippen molar-refractivity contribution in [3.05, 3.63) is 24.4 Å². The highest BCUT2D eigenvalue weighted by molar-refractivity contribution is 5.34. The van der Waals surface area contributed by atoms with Crippen LogP contribution >= 0.6 is 0 Å². The van der Waals surface area contributed by atoms with E-state index < -0.39 is 0 Å². The molecule has 3 nitrogen and oxygen atoms in total. The summed E-state index contributed by atoms with van der Waals surface area (Å²) in [7, 11) is 0. The van der Waals surface area contributed by atoms with Crippen LogP contribution in [0.1, 0.15) is 19.8 Å². The van der Waals surface area contributed by atoms with Gasteiger partial charge < -0.3 is 10.1 Å². The van der Waals surface area contributed by atoms with Crippen LogP contribution in [-0.2, 0) is 4.74 Å². The Hall–Kier alpha value is -1.09. The molecule has 14 heavy (non-hydrogen) atoms. The lowest BCUT2D eigenvalue weighted by Gasteiger charge is -2.28. The molecular formula is C11H16N2O. The molecule has 76 valence electrons. The van der Waals surface area contributed by atoms with Gasteiger partial charge in [0.2, 0.25) is 0 Å². The first-order chi connectivity index (χ1) is 6.84. The fourth-order valence-electron chi connectivity index (χ4n) is 1.79. The number of pyridine rings is 1. The molecule has 1 N–H and O–H groups in total. The van der Waals surface area contributed by atoms with Gasteiger partial charge in [-0.05, 0) is 31.9 Å². The van der Waals surface area contributed by atoms with Crippen LogP contribution in [0.5, 0.6) is 0 Å². The van der Waals surface area contributed by atoms with Gasteiger partial charge in [0.15, 0.2) is 0 Å². The summed E-state index contributed by atoms with van der Waals surface area (Å²) in [6.07, 6.45) is 4.31. The molecule has 0 amide bonds. The lowest BCUT2D eigenvalue weighted by molar-refractivity contribution is 0.0232. The van der Waals surface area contributed by atoms with Crippen LogP contribution in [0.2, 0.25) is 0 Å². The molecule has 1 aromatic rings. The Bertz CT molecular complexity index is 276. The zero-order chi connectivity index (χ0) is 9.80. The van der Waals surface area contributed by atoms with E-state index in [9.17, 15) is 0 Å². The first-order valence-corrected chi connectivity index (χ1v) is 5.14. The van der Waals surface area contributed by atoms with Gasteiger partial charge in [-0.15, -0.1) is 0 Å². The number of nitrogens with one attached hydrogen (secondary N) is 1. The van der Waals surface area contributed by atoms with Gasteiger partial charge in [-0.1, -0.05) is 6.07 Å². The summed E-state index contributed by atoms with van der Waals surface area (Å²) in [4.78, 5) is 4.25. The number of hydrogen-bond acceptors (Lipinski definition) is 3. The summed E-state index contributed by atoms with van der Waals surface area (Å²) in [5.41, 5.74) is 0. The number of anilines is 1. The van der Waals surface area contributed by atoms with E-state index in [0.717, 1.165) is 25.3 Å². The maximum atomic E-state index is 5.49. The van der Waals surface area contributed by atoms with Crippen molar-refractivity contribution in [3.8, 4) is 0 Å². The van der Waals surface area contributed by atoms with Gasteiger partial charge in [-0.2, -0.15) is 0 Å². The molecule has 2 atom stereocenters. The van der Waals surface area contributed by atoms with Gasteiger partial charge in [0.25, 0.3) is 0 Å². The summed E-state index contributed by atoms with van der Waals surface area (Å²) in [5, 5.41) is 3.42. The molecule has 1 saturated heterocycles. The van der Waals surface area contributed by atoms with Crippen LogP contribution in [0.15, 0.2) is 24.4 Å². The van der Waals surface area contributed by atoms with Crippen LogP contribution in [0, 0.1) is 0 Å². The average molecular weight is 192 g/mol. The number of hydrogen-bond donors (Lipinski definition) is 1. The summed E-state index contributed by atoms with van der Waals surface area (Å²) in [5.74, 6) is 0.964. The van der Waals surface area contributed by atoms with Crippen molar-refractivity contribution >= 4 is 5.82 Å². The highest BCUT2D eigenvalue weighted by Gasteiger charge is 2.18. The van der Waals surface area contributed by atoms with Crippen LogP contribution in [0.25, 0.3) is 0 Å². The number of nitrogens with zero attached hydrogens (tertiary/aromatic N) is 1. The predicted octanol–water partition coefficient (Wildman–Crippen LogP) is 2.06. The van der Waals surface area contributed by atoms with Crippen molar-refractivity contribution in [2.24, 2.45) is 0 Å². The van der Waals surface area contributed by atoms with Crippen molar-refractivity contribution in [2.45, 2.75) is 31.9 Å². The quantitative estimate of drug-likeness (QED) is 0.778. The second-order valence-electron chi connectivity index (χ2n) is 3.76. The number of ether oxygens (including phenoxy) is 1. The Balaban J connectivity index is 1.91. The molecule has 1 aliphatic rings. The lowest BCUT2D eigenvalue weighted by atomic mass is 10.0. The standard InChI is InChI=1S/C11H16N2O/c1-9-8-10(5-7-14-9)13-11-4-2-3-6-12-11/h2-4,6,9-10H,5,7-8H2,1H3,(H,12,13). The molecular weight excluding hydrogens is 176 g/mol. The largest absolute Gasteiger partial charge is 0.378 e. The molecule has 0 aromatic carbocycles. The minimum atomic E-state index is 0.366. The van der Waals surface area contributed by atoms with Gasteiger partial charge >= 0.3 is 0 Å². The third-order valence-corrected chi connectivity index (χ3v) is 2.50. The Morgan fingerprint density at radius 1 is 1.50 bits per heavy atom. The highest BCUT2D eigenvalue weighted by atomic mass is 16.5. The molecule has 1 fully saturated rings. The van der Waals surface area contributed by atoms with Crippen LogP contribution in [-0.4, -0.2) is 23.7 Å². The van der Waals surface area contributed by atoms with E-state index in [1.807, 2.05) is 24.4 Å². The van der Waals surface area contributed by atoms with E-state index in [2.05, 4.69) is 17.2 Å². The predicted molar refractivity (Wildman–Crippen MR) is 56.3 cm³/mol. The average Bonchev–Trinajstić information content (AvgIpc) is 2.19. The normalized spacial score (nSPS) is 27.2. The van der Waals surface area contributed by atoms with Crippen LogP contribution in [0.4, 0.5) is 5.82 Å². The Labute approximate surface area is 84.5 Å². The molecule has 0 aliphatic carbocycles. The van der Waals surface area contributed by atoms with Crippen molar-refractivity contribution in [1.82, 2.24) is 4.98 Å². The smallest absolute Gasteiger partial charge is 0.126 e. The highest BCUT2D eigenvalue weighted by Crippen LogP contribution is 2.16. The van der Waals surface area contributed by atoms with Crippen LogP contribution in [0.3, 0.4) is 0 Å². The molecule has 2 heterocycles. The first-order valence-electron chi connectivity index (χ1n) is 5.14. The summed E-state index contributed by atoms with van der Waals surface area (Å²) in [6, 6.07) is 6.43. The SMILES string of the molecule is CC1CC(Nc2ccccn2)CCO1. The molecule has 0 saturated carbocycles. The minimum Gasteiger partial charge on any atom is -0.378 e. The fraction of sp³-hybridized carbons (Fsp3) is 0.545. The lowest BCUT2D eigenvalue weighted by Crippen LogP contribution is -2.32. The fourth-order valence-corrected chi connectivity index (χ4v) is 1.79. The van der Waals surface area contributed by atoms with Crippen LogP contribution < -0.4 is 5.32 Å². The van der Waals surface area contributed by atoms with Gasteiger partial charge in [0, 0.05) is 18.8 Å². The zero-order valence-electron chi connectivity index (χ0n) is 8.44. The van der Waals surface area contributed by atoms with Crippen molar-refractivity contribution in [3.63, 3.8) is 0 Å². The molecule has 2 rings (SSSR count). The Morgan fingerprint density at radius 2 is 2.43 bits per heavy atom. The van der Waals surface area contributed by atoms with E-state index in [-0.39, 0.29) is 0 Å². The summed E-state index contributed by atoms with van der Waals surface area (Å²) < 4.78 is 5.49. The maximum absolute atomic E-state index is 5.49. The van der Waals surface area contributed by atoms with E-state index in [1.54, 1.807) is 0 Å². The molecule has 3 heteroatoms. The van der Waals surface area contributed by atoms with Gasteiger partial charge in [0.1, 0.15) is 5.82 Å². The van der Waals surface area contributed by atoms with E-state index in [1.165, 1.54) is 0 Å². The van der Waals surface area contributed by atoms with E-state index in [0.29, 0.717) is 12.1 Å². The second kappa shape index (κ2) is 4.42. The monoisotopic (exact) mass is 192 g/mol. The second-order valence-corrected chi connectivity index (χ2v) is 3.76. The molecule has 0 spiro atoms. The van der Waals surface area contributed by atoms with Gasteiger partial charge in [-0.3, -0.25) is 0 Å².